The highest BCUT2D eigenvalue weighted by molar-refractivity contribution is 6.08. The number of phenolic OH excluding ortho intramolecular Hbond substituents is 1. The second kappa shape index (κ2) is 5.48. The molecular weight excluding hydrogens is 294 g/mol. The van der Waals surface area contributed by atoms with E-state index < -0.39 is 28.7 Å². The van der Waals surface area contributed by atoms with E-state index in [4.69, 9.17) is 9.47 Å². The maximum Gasteiger partial charge on any atom is 0.231 e. The number of halogens is 2. The molecule has 112 valence electrons. The van der Waals surface area contributed by atoms with Crippen LogP contribution in [0.5, 0.6) is 17.2 Å². The average Bonchev–Trinajstić information content (AvgIpc) is 2.96. The molecule has 0 saturated carbocycles. The van der Waals surface area contributed by atoms with Crippen LogP contribution in [0.2, 0.25) is 0 Å². The van der Waals surface area contributed by atoms with Crippen molar-refractivity contribution in [2.45, 2.75) is 0 Å². The molecule has 0 saturated heterocycles. The number of ketones is 1. The van der Waals surface area contributed by atoms with Crippen molar-refractivity contribution in [2.75, 3.05) is 6.79 Å². The summed E-state index contributed by atoms with van der Waals surface area (Å²) in [5.74, 6) is -2.55. The molecule has 2 aromatic rings. The molecule has 6 heteroatoms. The monoisotopic (exact) mass is 304 g/mol. The van der Waals surface area contributed by atoms with Gasteiger partial charge in [-0.3, -0.25) is 4.79 Å². The molecule has 4 nitrogen and oxygen atoms in total. The number of aromatic hydroxyl groups is 1. The van der Waals surface area contributed by atoms with Crippen molar-refractivity contribution < 1.29 is 28.2 Å². The number of hydrogen-bond donors (Lipinski definition) is 1. The van der Waals surface area contributed by atoms with E-state index in [2.05, 4.69) is 0 Å². The van der Waals surface area contributed by atoms with Gasteiger partial charge >= 0.3 is 0 Å². The Balaban J connectivity index is 1.85. The standard InChI is InChI=1S/C16H10F2O4/c17-10-6-11(16(20)12(18)7-10)13(19)3-1-9-2-4-14-15(5-9)22-8-21-14/h1-7,20H,8H2/b3-1+. The lowest BCUT2D eigenvalue weighted by Gasteiger charge is -2.02. The molecule has 1 aliphatic rings. The van der Waals surface area contributed by atoms with Gasteiger partial charge in [-0.15, -0.1) is 0 Å². The molecule has 22 heavy (non-hydrogen) atoms. The fourth-order valence-corrected chi connectivity index (χ4v) is 2.03. The second-order valence-electron chi connectivity index (χ2n) is 4.59. The third-order valence-electron chi connectivity index (χ3n) is 3.12. The summed E-state index contributed by atoms with van der Waals surface area (Å²) in [6.45, 7) is 0.137. The molecule has 3 rings (SSSR count). The summed E-state index contributed by atoms with van der Waals surface area (Å²) in [6, 6.07) is 6.34. The Morgan fingerprint density at radius 2 is 1.91 bits per heavy atom. The van der Waals surface area contributed by atoms with E-state index in [0.29, 0.717) is 23.1 Å². The lowest BCUT2D eigenvalue weighted by Crippen LogP contribution is -1.98. The number of hydrogen-bond acceptors (Lipinski definition) is 4. The molecule has 0 bridgehead atoms. The third kappa shape index (κ3) is 2.63. The van der Waals surface area contributed by atoms with Gasteiger partial charge in [0.25, 0.3) is 0 Å². The Morgan fingerprint density at radius 1 is 1.14 bits per heavy atom. The van der Waals surface area contributed by atoms with Gasteiger partial charge in [0.05, 0.1) is 5.56 Å². The number of ether oxygens (including phenoxy) is 2. The van der Waals surface area contributed by atoms with Crippen molar-refractivity contribution in [1.29, 1.82) is 0 Å². The minimum absolute atomic E-state index is 0.137. The van der Waals surface area contributed by atoms with Gasteiger partial charge in [-0.1, -0.05) is 12.1 Å². The Morgan fingerprint density at radius 3 is 2.73 bits per heavy atom. The van der Waals surface area contributed by atoms with Crippen LogP contribution in [0.1, 0.15) is 15.9 Å². The van der Waals surface area contributed by atoms with Gasteiger partial charge in [0, 0.05) is 6.07 Å². The van der Waals surface area contributed by atoms with Gasteiger partial charge in [-0.05, 0) is 29.8 Å². The molecule has 1 N–H and O–H groups in total. The number of carbonyl (C=O) groups excluding carboxylic acids is 1. The van der Waals surface area contributed by atoms with Crippen LogP contribution in [0.15, 0.2) is 36.4 Å². The van der Waals surface area contributed by atoms with Crippen molar-refractivity contribution in [3.05, 3.63) is 59.2 Å². The predicted molar refractivity (Wildman–Crippen MR) is 74.0 cm³/mol. The Bertz CT molecular complexity index is 784. The van der Waals surface area contributed by atoms with Gasteiger partial charge < -0.3 is 14.6 Å². The molecule has 0 atom stereocenters. The summed E-state index contributed by atoms with van der Waals surface area (Å²) >= 11 is 0. The molecule has 1 heterocycles. The minimum atomic E-state index is -1.18. The number of phenols is 1. The largest absolute Gasteiger partial charge is 0.504 e. The summed E-state index contributed by atoms with van der Waals surface area (Å²) in [4.78, 5) is 11.9. The summed E-state index contributed by atoms with van der Waals surface area (Å²) in [5, 5.41) is 9.48. The molecule has 0 unspecified atom stereocenters. The fraction of sp³-hybridized carbons (Fsp3) is 0.0625. The van der Waals surface area contributed by atoms with Crippen molar-refractivity contribution in [2.24, 2.45) is 0 Å². The van der Waals surface area contributed by atoms with E-state index in [0.717, 1.165) is 12.1 Å². The molecule has 0 aliphatic carbocycles. The summed E-state index contributed by atoms with van der Waals surface area (Å²) in [6.07, 6.45) is 2.57. The van der Waals surface area contributed by atoms with Crippen molar-refractivity contribution in [1.82, 2.24) is 0 Å². The first-order chi connectivity index (χ1) is 10.5. The first-order valence-corrected chi connectivity index (χ1v) is 6.34. The maximum absolute atomic E-state index is 13.2. The van der Waals surface area contributed by atoms with Gasteiger partial charge in [-0.2, -0.15) is 0 Å². The van der Waals surface area contributed by atoms with Crippen molar-refractivity contribution >= 4 is 11.9 Å². The first kappa shape index (κ1) is 14.1. The quantitative estimate of drug-likeness (QED) is 0.698. The highest BCUT2D eigenvalue weighted by Gasteiger charge is 2.15. The zero-order valence-electron chi connectivity index (χ0n) is 11.2. The topological polar surface area (TPSA) is 55.8 Å². The van der Waals surface area contributed by atoms with Gasteiger partial charge in [0.15, 0.2) is 28.8 Å². The molecular formula is C16H10F2O4. The van der Waals surface area contributed by atoms with Crippen LogP contribution < -0.4 is 9.47 Å². The fourth-order valence-electron chi connectivity index (χ4n) is 2.03. The zero-order valence-corrected chi connectivity index (χ0v) is 11.2. The average molecular weight is 304 g/mol. The normalized spacial score (nSPS) is 12.8. The molecule has 0 radical (unpaired) electrons. The molecule has 0 amide bonds. The van der Waals surface area contributed by atoms with Crippen LogP contribution in [0, 0.1) is 11.6 Å². The maximum atomic E-state index is 13.2. The molecule has 1 aliphatic heterocycles. The summed E-state index contributed by atoms with van der Waals surface area (Å²) < 4.78 is 36.7. The molecule has 0 fully saturated rings. The smallest absolute Gasteiger partial charge is 0.231 e. The second-order valence-corrected chi connectivity index (χ2v) is 4.59. The van der Waals surface area contributed by atoms with E-state index in [9.17, 15) is 18.7 Å². The van der Waals surface area contributed by atoms with E-state index in [1.54, 1.807) is 18.2 Å². The molecule has 0 spiro atoms. The number of rotatable bonds is 3. The van der Waals surface area contributed by atoms with Crippen LogP contribution in [0.4, 0.5) is 8.78 Å². The highest BCUT2D eigenvalue weighted by atomic mass is 19.1. The van der Waals surface area contributed by atoms with Crippen LogP contribution in [-0.2, 0) is 0 Å². The number of allylic oxidation sites excluding steroid dienone is 1. The van der Waals surface area contributed by atoms with Crippen LogP contribution in [0.25, 0.3) is 6.08 Å². The third-order valence-corrected chi connectivity index (χ3v) is 3.12. The van der Waals surface area contributed by atoms with Crippen molar-refractivity contribution in [3.63, 3.8) is 0 Å². The predicted octanol–water partition coefficient (Wildman–Crippen LogP) is 3.30. The Labute approximate surface area is 124 Å². The lowest BCUT2D eigenvalue weighted by molar-refractivity contribution is 0.104. The highest BCUT2D eigenvalue weighted by Crippen LogP contribution is 2.33. The van der Waals surface area contributed by atoms with Crippen LogP contribution in [0.3, 0.4) is 0 Å². The van der Waals surface area contributed by atoms with Gasteiger partial charge in [-0.25, -0.2) is 8.78 Å². The van der Waals surface area contributed by atoms with Crippen molar-refractivity contribution in [3.8, 4) is 17.2 Å². The van der Waals surface area contributed by atoms with Gasteiger partial charge in [0.1, 0.15) is 5.82 Å². The molecule has 2 aromatic carbocycles. The van der Waals surface area contributed by atoms with Gasteiger partial charge in [0.2, 0.25) is 6.79 Å². The summed E-state index contributed by atoms with van der Waals surface area (Å²) in [5.41, 5.74) is 0.212. The first-order valence-electron chi connectivity index (χ1n) is 6.34. The van der Waals surface area contributed by atoms with Crippen LogP contribution >= 0.6 is 0 Å². The lowest BCUT2D eigenvalue weighted by atomic mass is 10.1. The number of fused-ring (bicyclic) bond motifs is 1. The van der Waals surface area contributed by atoms with E-state index in [-0.39, 0.29) is 6.79 Å². The molecule has 0 aromatic heterocycles. The van der Waals surface area contributed by atoms with E-state index >= 15 is 0 Å². The Kier molecular flexibility index (Phi) is 3.50. The number of carbonyl (C=O) groups is 1. The van der Waals surface area contributed by atoms with Crippen LogP contribution in [-0.4, -0.2) is 17.7 Å². The Hall–Kier alpha value is -2.89. The van der Waals surface area contributed by atoms with E-state index in [1.165, 1.54) is 6.08 Å². The zero-order chi connectivity index (χ0) is 15.7. The SMILES string of the molecule is O=C(/C=C/c1ccc2c(c1)OCO2)c1cc(F)cc(F)c1O. The summed E-state index contributed by atoms with van der Waals surface area (Å²) in [7, 11) is 0. The van der Waals surface area contributed by atoms with E-state index in [1.807, 2.05) is 0 Å². The number of benzene rings is 2. The minimum Gasteiger partial charge on any atom is -0.504 e.